The number of rotatable bonds is 1. The molecule has 5 heteroatoms. The molecule has 0 aromatic heterocycles. The highest BCUT2D eigenvalue weighted by atomic mass is 19.4. The number of hydrogen-bond donors (Lipinski definition) is 2. The molecule has 1 aliphatic rings. The molecular weight excluding hydrogens is 193 g/mol. The van der Waals surface area contributed by atoms with Crippen molar-refractivity contribution >= 4 is 5.71 Å². The second kappa shape index (κ2) is 3.63. The third kappa shape index (κ3) is 2.08. The largest absolute Gasteiger partial charge is 0.432 e. The predicted molar refractivity (Wildman–Crippen MR) is 48.0 cm³/mol. The molecule has 2 nitrogen and oxygen atoms in total. The van der Waals surface area contributed by atoms with Crippen molar-refractivity contribution in [2.45, 2.75) is 32.4 Å². The number of alkyl halides is 3. The third-order valence-electron chi connectivity index (χ3n) is 2.53. The Morgan fingerprint density at radius 1 is 1.50 bits per heavy atom. The molecule has 0 saturated heterocycles. The van der Waals surface area contributed by atoms with Gasteiger partial charge in [-0.1, -0.05) is 6.92 Å². The van der Waals surface area contributed by atoms with Crippen molar-refractivity contribution in [2.75, 3.05) is 0 Å². The van der Waals surface area contributed by atoms with Crippen molar-refractivity contribution in [3.05, 3.63) is 11.3 Å². The van der Waals surface area contributed by atoms with Crippen molar-refractivity contribution in [1.29, 1.82) is 5.41 Å². The molecule has 0 fully saturated rings. The minimum atomic E-state index is -4.57. The summed E-state index contributed by atoms with van der Waals surface area (Å²) in [4.78, 5) is 0. The van der Waals surface area contributed by atoms with Crippen LogP contribution in [0.15, 0.2) is 11.3 Å². The first-order chi connectivity index (χ1) is 6.34. The van der Waals surface area contributed by atoms with E-state index < -0.39 is 11.9 Å². The molecule has 1 unspecified atom stereocenters. The van der Waals surface area contributed by atoms with Gasteiger partial charge in [-0.05, 0) is 25.2 Å². The molecule has 0 amide bonds. The number of halogens is 3. The molecule has 14 heavy (non-hydrogen) atoms. The van der Waals surface area contributed by atoms with Gasteiger partial charge in [-0.25, -0.2) is 0 Å². The van der Waals surface area contributed by atoms with Gasteiger partial charge in [0.2, 0.25) is 0 Å². The van der Waals surface area contributed by atoms with Crippen molar-refractivity contribution in [1.82, 2.24) is 0 Å². The SMILES string of the molecule is CC1CCCC(C(=N)C(F)(F)F)=C1N. The molecule has 0 aromatic carbocycles. The quantitative estimate of drug-likeness (QED) is 0.636. The fraction of sp³-hybridized carbons (Fsp3) is 0.667. The molecule has 0 radical (unpaired) electrons. The van der Waals surface area contributed by atoms with Gasteiger partial charge in [0, 0.05) is 11.3 Å². The zero-order valence-electron chi connectivity index (χ0n) is 7.91. The lowest BCUT2D eigenvalue weighted by molar-refractivity contribution is -0.0592. The molecule has 0 bridgehead atoms. The van der Waals surface area contributed by atoms with E-state index in [2.05, 4.69) is 0 Å². The van der Waals surface area contributed by atoms with Gasteiger partial charge < -0.3 is 5.73 Å². The van der Waals surface area contributed by atoms with Crippen molar-refractivity contribution in [3.63, 3.8) is 0 Å². The van der Waals surface area contributed by atoms with Gasteiger partial charge in [-0.2, -0.15) is 13.2 Å². The van der Waals surface area contributed by atoms with Crippen LogP contribution >= 0.6 is 0 Å². The van der Waals surface area contributed by atoms with Gasteiger partial charge in [-0.3, -0.25) is 5.41 Å². The summed E-state index contributed by atoms with van der Waals surface area (Å²) in [5.41, 5.74) is 4.50. The average molecular weight is 206 g/mol. The summed E-state index contributed by atoms with van der Waals surface area (Å²) in [6.07, 6.45) is -2.82. The summed E-state index contributed by atoms with van der Waals surface area (Å²) in [6.45, 7) is 1.79. The fourth-order valence-electron chi connectivity index (χ4n) is 1.62. The Labute approximate surface area is 80.5 Å². The lowest BCUT2D eigenvalue weighted by atomic mass is 9.86. The van der Waals surface area contributed by atoms with E-state index in [0.717, 1.165) is 6.42 Å². The molecule has 0 saturated carbocycles. The van der Waals surface area contributed by atoms with Crippen LogP contribution in [-0.4, -0.2) is 11.9 Å². The Balaban J connectivity index is 2.97. The van der Waals surface area contributed by atoms with Gasteiger partial charge in [0.1, 0.15) is 5.71 Å². The molecular formula is C9H13F3N2. The van der Waals surface area contributed by atoms with Gasteiger partial charge in [-0.15, -0.1) is 0 Å². The molecule has 1 aliphatic carbocycles. The van der Waals surface area contributed by atoms with E-state index in [1.165, 1.54) is 0 Å². The molecule has 0 aromatic rings. The molecule has 0 spiro atoms. The second-order valence-electron chi connectivity index (χ2n) is 3.60. The maximum atomic E-state index is 12.2. The van der Waals surface area contributed by atoms with E-state index in [-0.39, 0.29) is 23.6 Å². The molecule has 1 rings (SSSR count). The summed E-state index contributed by atoms with van der Waals surface area (Å²) in [5, 5.41) is 6.99. The first-order valence-corrected chi connectivity index (χ1v) is 4.48. The van der Waals surface area contributed by atoms with Crippen molar-refractivity contribution in [3.8, 4) is 0 Å². The lowest BCUT2D eigenvalue weighted by Gasteiger charge is -2.24. The van der Waals surface area contributed by atoms with Crippen LogP contribution < -0.4 is 5.73 Å². The van der Waals surface area contributed by atoms with E-state index in [0.29, 0.717) is 6.42 Å². The van der Waals surface area contributed by atoms with E-state index in [4.69, 9.17) is 11.1 Å². The third-order valence-corrected chi connectivity index (χ3v) is 2.53. The monoisotopic (exact) mass is 206 g/mol. The fourth-order valence-corrected chi connectivity index (χ4v) is 1.62. The number of nitrogens with two attached hydrogens (primary N) is 1. The maximum absolute atomic E-state index is 12.2. The maximum Gasteiger partial charge on any atom is 0.432 e. The minimum Gasteiger partial charge on any atom is -0.402 e. The second-order valence-corrected chi connectivity index (χ2v) is 3.60. The Morgan fingerprint density at radius 2 is 2.07 bits per heavy atom. The first kappa shape index (κ1) is 11.1. The van der Waals surface area contributed by atoms with Crippen molar-refractivity contribution in [2.24, 2.45) is 11.7 Å². The van der Waals surface area contributed by atoms with E-state index >= 15 is 0 Å². The van der Waals surface area contributed by atoms with Gasteiger partial charge >= 0.3 is 6.18 Å². The van der Waals surface area contributed by atoms with Gasteiger partial charge in [0.25, 0.3) is 0 Å². The Kier molecular flexibility index (Phi) is 2.87. The Hall–Kier alpha value is -1.00. The predicted octanol–water partition coefficient (Wildman–Crippen LogP) is 2.60. The van der Waals surface area contributed by atoms with Gasteiger partial charge in [0.15, 0.2) is 0 Å². The Morgan fingerprint density at radius 3 is 2.57 bits per heavy atom. The summed E-state index contributed by atoms with van der Waals surface area (Å²) < 4.78 is 36.7. The molecule has 0 heterocycles. The van der Waals surface area contributed by atoms with Crippen molar-refractivity contribution < 1.29 is 13.2 Å². The van der Waals surface area contributed by atoms with Crippen LogP contribution in [-0.2, 0) is 0 Å². The Bertz CT molecular complexity index is 278. The van der Waals surface area contributed by atoms with E-state index in [1.807, 2.05) is 0 Å². The number of hydrogen-bond acceptors (Lipinski definition) is 2. The van der Waals surface area contributed by atoms with Gasteiger partial charge in [0.05, 0.1) is 0 Å². The van der Waals surface area contributed by atoms with Crippen LogP contribution in [0, 0.1) is 11.3 Å². The summed E-state index contributed by atoms with van der Waals surface area (Å²) in [5.74, 6) is -0.0403. The number of allylic oxidation sites excluding steroid dienone is 2. The molecule has 3 N–H and O–H groups in total. The summed E-state index contributed by atoms with van der Waals surface area (Å²) in [7, 11) is 0. The average Bonchev–Trinajstić information content (AvgIpc) is 2.07. The summed E-state index contributed by atoms with van der Waals surface area (Å²) >= 11 is 0. The zero-order valence-corrected chi connectivity index (χ0v) is 7.91. The van der Waals surface area contributed by atoms with E-state index in [9.17, 15) is 13.2 Å². The van der Waals surface area contributed by atoms with Crippen LogP contribution in [0.25, 0.3) is 0 Å². The highest BCUT2D eigenvalue weighted by Crippen LogP contribution is 2.32. The first-order valence-electron chi connectivity index (χ1n) is 4.48. The van der Waals surface area contributed by atoms with Crippen LogP contribution in [0.5, 0.6) is 0 Å². The topological polar surface area (TPSA) is 49.9 Å². The zero-order chi connectivity index (χ0) is 10.9. The van der Waals surface area contributed by atoms with E-state index in [1.54, 1.807) is 6.92 Å². The highest BCUT2D eigenvalue weighted by Gasteiger charge is 2.38. The highest BCUT2D eigenvalue weighted by molar-refractivity contribution is 6.02. The minimum absolute atomic E-state index is 0.0174. The molecule has 1 atom stereocenters. The lowest BCUT2D eigenvalue weighted by Crippen LogP contribution is -2.29. The van der Waals surface area contributed by atoms with Crippen LogP contribution in [0.2, 0.25) is 0 Å². The van der Waals surface area contributed by atoms with Crippen LogP contribution in [0.3, 0.4) is 0 Å². The molecule has 0 aliphatic heterocycles. The van der Waals surface area contributed by atoms with Crippen LogP contribution in [0.1, 0.15) is 26.2 Å². The van der Waals surface area contributed by atoms with Crippen LogP contribution in [0.4, 0.5) is 13.2 Å². The standard InChI is InChI=1S/C9H13F3N2/c1-5-3-2-4-6(7(5)13)8(14)9(10,11)12/h5,14H,2-4,13H2,1H3. The molecule has 80 valence electrons. The normalized spacial score (nSPS) is 23.9. The summed E-state index contributed by atoms with van der Waals surface area (Å²) in [6, 6.07) is 0. The smallest absolute Gasteiger partial charge is 0.402 e. The number of nitrogens with one attached hydrogen (secondary N) is 1.